The molecule has 0 bridgehead atoms. The van der Waals surface area contributed by atoms with Crippen LogP contribution in [-0.2, 0) is 12.0 Å². The minimum atomic E-state index is -0.0396. The van der Waals surface area contributed by atoms with Crippen LogP contribution < -0.4 is 9.47 Å². The molecule has 1 atom stereocenters. The summed E-state index contributed by atoms with van der Waals surface area (Å²) in [4.78, 5) is 8.97. The summed E-state index contributed by atoms with van der Waals surface area (Å²) in [6.07, 6.45) is 3.63. The van der Waals surface area contributed by atoms with E-state index in [0.29, 0.717) is 13.0 Å². The molecule has 1 unspecified atom stereocenters. The Hall–Kier alpha value is -3.01. The number of hydrogen-bond acceptors (Lipinski definition) is 5. The highest BCUT2D eigenvalue weighted by molar-refractivity contribution is 5.87. The van der Waals surface area contributed by atoms with Crippen molar-refractivity contribution in [3.8, 4) is 17.6 Å². The molecule has 1 fully saturated rings. The first kappa shape index (κ1) is 21.8. The molecule has 0 radical (unpaired) electrons. The minimum absolute atomic E-state index is 0.0396. The van der Waals surface area contributed by atoms with E-state index in [4.69, 9.17) is 14.7 Å². The lowest BCUT2D eigenvalue weighted by Gasteiger charge is -2.45. The van der Waals surface area contributed by atoms with Gasteiger partial charge < -0.3 is 14.5 Å². The van der Waals surface area contributed by atoms with Crippen LogP contribution in [0.25, 0.3) is 10.9 Å². The van der Waals surface area contributed by atoms with Crippen LogP contribution in [0.3, 0.4) is 0 Å². The third-order valence-electron chi connectivity index (χ3n) is 7.28. The number of nitrogens with one attached hydrogen (secondary N) is 1. The number of ether oxygens (including phenoxy) is 2. The van der Waals surface area contributed by atoms with Crippen molar-refractivity contribution in [2.75, 3.05) is 46.4 Å². The number of hydrogen-bond donors (Lipinski definition) is 1. The van der Waals surface area contributed by atoms with Crippen LogP contribution in [0, 0.1) is 11.3 Å². The second-order valence-corrected chi connectivity index (χ2v) is 9.11. The van der Waals surface area contributed by atoms with Gasteiger partial charge in [-0.2, -0.15) is 5.26 Å². The highest BCUT2D eigenvalue weighted by Crippen LogP contribution is 2.45. The first-order valence-corrected chi connectivity index (χ1v) is 11.9. The van der Waals surface area contributed by atoms with Crippen molar-refractivity contribution in [3.05, 3.63) is 59.8 Å². The average Bonchev–Trinajstić information content (AvgIpc) is 3.44. The third kappa shape index (κ3) is 4.19. The van der Waals surface area contributed by atoms with E-state index >= 15 is 0 Å². The van der Waals surface area contributed by atoms with Crippen molar-refractivity contribution in [2.45, 2.75) is 31.2 Å². The van der Waals surface area contributed by atoms with E-state index in [1.165, 1.54) is 22.2 Å². The summed E-state index contributed by atoms with van der Waals surface area (Å²) in [6, 6.07) is 18.7. The number of aromatic nitrogens is 1. The molecular formula is C27H32N4O2. The van der Waals surface area contributed by atoms with Gasteiger partial charge in [0.05, 0.1) is 18.7 Å². The Labute approximate surface area is 195 Å². The predicted octanol–water partition coefficient (Wildman–Crippen LogP) is 4.32. The summed E-state index contributed by atoms with van der Waals surface area (Å²) >= 11 is 0. The van der Waals surface area contributed by atoms with E-state index in [2.05, 4.69) is 33.0 Å². The molecule has 1 aromatic heterocycles. The molecule has 2 aliphatic heterocycles. The van der Waals surface area contributed by atoms with Crippen LogP contribution in [0.15, 0.2) is 48.5 Å². The van der Waals surface area contributed by atoms with E-state index in [-0.39, 0.29) is 5.54 Å². The number of para-hydroxylation sites is 1. The standard InChI is InChI=1S/C27H32N4O2/c1-32-22-9-10-25-24(19-22)23-11-15-31(14-6-5-13-28)27(26(23)29-25)12-16-30(20-27)17-18-33-21-7-3-2-4-8-21/h2-4,7-10,19,29H,5-6,11-12,14-18,20H2,1H3. The minimum Gasteiger partial charge on any atom is -0.497 e. The van der Waals surface area contributed by atoms with Gasteiger partial charge in [-0.15, -0.1) is 0 Å². The predicted molar refractivity (Wildman–Crippen MR) is 130 cm³/mol. The van der Waals surface area contributed by atoms with Crippen molar-refractivity contribution in [2.24, 2.45) is 0 Å². The molecule has 6 heteroatoms. The Morgan fingerprint density at radius 1 is 1.09 bits per heavy atom. The van der Waals surface area contributed by atoms with Gasteiger partial charge in [0.1, 0.15) is 18.1 Å². The Bertz CT molecular complexity index is 1140. The fraction of sp³-hybridized carbons (Fsp3) is 0.444. The Morgan fingerprint density at radius 3 is 2.79 bits per heavy atom. The molecule has 5 rings (SSSR count). The van der Waals surface area contributed by atoms with Crippen molar-refractivity contribution >= 4 is 10.9 Å². The fourth-order valence-electron chi connectivity index (χ4n) is 5.64. The smallest absolute Gasteiger partial charge is 0.119 e. The normalized spacial score (nSPS) is 20.7. The third-order valence-corrected chi connectivity index (χ3v) is 7.28. The van der Waals surface area contributed by atoms with Crippen LogP contribution in [0.2, 0.25) is 0 Å². The molecule has 1 N–H and O–H groups in total. The van der Waals surface area contributed by atoms with Crippen LogP contribution in [0.4, 0.5) is 0 Å². The molecule has 0 saturated carbocycles. The first-order chi connectivity index (χ1) is 16.2. The molecule has 2 aromatic carbocycles. The van der Waals surface area contributed by atoms with Gasteiger partial charge in [-0.05, 0) is 55.2 Å². The molecule has 33 heavy (non-hydrogen) atoms. The van der Waals surface area contributed by atoms with Crippen molar-refractivity contribution < 1.29 is 9.47 Å². The van der Waals surface area contributed by atoms with Gasteiger partial charge in [-0.25, -0.2) is 0 Å². The van der Waals surface area contributed by atoms with Crippen LogP contribution in [0.1, 0.15) is 30.5 Å². The molecule has 1 saturated heterocycles. The first-order valence-electron chi connectivity index (χ1n) is 11.9. The summed E-state index contributed by atoms with van der Waals surface area (Å²) in [5, 5.41) is 10.4. The fourth-order valence-corrected chi connectivity index (χ4v) is 5.64. The molecule has 6 nitrogen and oxygen atoms in total. The summed E-state index contributed by atoms with van der Waals surface area (Å²) < 4.78 is 11.5. The molecule has 3 aromatic rings. The monoisotopic (exact) mass is 444 g/mol. The van der Waals surface area contributed by atoms with Gasteiger partial charge in [-0.3, -0.25) is 9.80 Å². The summed E-state index contributed by atoms with van der Waals surface area (Å²) in [5.41, 5.74) is 3.94. The van der Waals surface area contributed by atoms with Crippen molar-refractivity contribution in [1.82, 2.24) is 14.8 Å². The van der Waals surface area contributed by atoms with Gasteiger partial charge in [-0.1, -0.05) is 18.2 Å². The quantitative estimate of drug-likeness (QED) is 0.524. The van der Waals surface area contributed by atoms with E-state index in [1.54, 1.807) is 7.11 Å². The maximum absolute atomic E-state index is 9.08. The maximum Gasteiger partial charge on any atom is 0.119 e. The summed E-state index contributed by atoms with van der Waals surface area (Å²) in [5.74, 6) is 1.83. The number of fused-ring (bicyclic) bond motifs is 4. The number of benzene rings is 2. The number of unbranched alkanes of at least 4 members (excludes halogenated alkanes) is 1. The second-order valence-electron chi connectivity index (χ2n) is 9.11. The SMILES string of the molecule is COc1ccc2[nH]c3c(c2c1)CCN(CCCC#N)C31CCN(CCOc2ccccc2)C1. The lowest BCUT2D eigenvalue weighted by atomic mass is 9.83. The highest BCUT2D eigenvalue weighted by Gasteiger charge is 2.48. The van der Waals surface area contributed by atoms with Crippen LogP contribution in [-0.4, -0.2) is 61.2 Å². The van der Waals surface area contributed by atoms with Crippen molar-refractivity contribution in [1.29, 1.82) is 5.26 Å². The van der Waals surface area contributed by atoms with Gasteiger partial charge in [0.2, 0.25) is 0 Å². The average molecular weight is 445 g/mol. The van der Waals surface area contributed by atoms with E-state index in [9.17, 15) is 0 Å². The summed E-state index contributed by atoms with van der Waals surface area (Å²) in [6.45, 7) is 5.61. The number of rotatable bonds is 8. The highest BCUT2D eigenvalue weighted by atomic mass is 16.5. The van der Waals surface area contributed by atoms with Crippen molar-refractivity contribution in [3.63, 3.8) is 0 Å². The van der Waals surface area contributed by atoms with Gasteiger partial charge in [0, 0.05) is 55.7 Å². The van der Waals surface area contributed by atoms with E-state index in [1.807, 2.05) is 36.4 Å². The second kappa shape index (κ2) is 9.46. The Morgan fingerprint density at radius 2 is 1.97 bits per heavy atom. The number of aromatic amines is 1. The largest absolute Gasteiger partial charge is 0.497 e. The molecule has 3 heterocycles. The topological polar surface area (TPSA) is 64.5 Å². The zero-order valence-electron chi connectivity index (χ0n) is 19.3. The number of nitriles is 1. The molecule has 172 valence electrons. The van der Waals surface area contributed by atoms with Gasteiger partial charge >= 0.3 is 0 Å². The van der Waals surface area contributed by atoms with Crippen LogP contribution >= 0.6 is 0 Å². The van der Waals surface area contributed by atoms with Gasteiger partial charge in [0.15, 0.2) is 0 Å². The van der Waals surface area contributed by atoms with E-state index < -0.39 is 0 Å². The summed E-state index contributed by atoms with van der Waals surface area (Å²) in [7, 11) is 1.73. The number of nitrogens with zero attached hydrogens (tertiary/aromatic N) is 3. The molecule has 1 spiro atoms. The molecule has 0 aliphatic carbocycles. The number of likely N-dealkylation sites (tertiary alicyclic amines) is 1. The zero-order valence-corrected chi connectivity index (χ0v) is 19.3. The Kier molecular flexibility index (Phi) is 6.26. The van der Waals surface area contributed by atoms with Gasteiger partial charge in [0.25, 0.3) is 0 Å². The van der Waals surface area contributed by atoms with Crippen LogP contribution in [0.5, 0.6) is 11.5 Å². The molecule has 0 amide bonds. The number of methoxy groups -OCH3 is 1. The van der Waals surface area contributed by atoms with E-state index in [0.717, 1.165) is 63.5 Å². The number of H-pyrrole nitrogens is 1. The lowest BCUT2D eigenvalue weighted by molar-refractivity contribution is 0.0729. The lowest BCUT2D eigenvalue weighted by Crippen LogP contribution is -2.52. The molecule has 2 aliphatic rings. The zero-order chi connectivity index (χ0) is 22.7. The maximum atomic E-state index is 9.08. The Balaban J connectivity index is 1.39. The molecular weight excluding hydrogens is 412 g/mol.